The summed E-state index contributed by atoms with van der Waals surface area (Å²) in [4.78, 5) is 41.7. The topological polar surface area (TPSA) is 100 Å². The average molecular weight is 540 g/mol. The lowest BCUT2D eigenvalue weighted by atomic mass is 9.91. The monoisotopic (exact) mass is 539 g/mol. The Hall–Kier alpha value is -3.73. The SMILES string of the molecule is COc1ccc(F)cc1CCn1c(=O)n(C(C)(C)C(=O)NC2CCC2)c(=O)c2c(C)c(-n3cccn3)sc21. The molecule has 1 N–H and O–H groups in total. The van der Waals surface area contributed by atoms with Crippen molar-refractivity contribution in [3.63, 3.8) is 0 Å². The van der Waals surface area contributed by atoms with Gasteiger partial charge in [-0.1, -0.05) is 11.3 Å². The molecule has 3 aromatic heterocycles. The first-order valence-electron chi connectivity index (χ1n) is 12.6. The molecule has 1 aromatic carbocycles. The number of fused-ring (bicyclic) bond motifs is 1. The molecule has 4 aromatic rings. The first-order valence-corrected chi connectivity index (χ1v) is 13.4. The second-order valence-electron chi connectivity index (χ2n) is 10.1. The smallest absolute Gasteiger partial charge is 0.333 e. The third-order valence-electron chi connectivity index (χ3n) is 7.30. The highest BCUT2D eigenvalue weighted by Gasteiger charge is 2.37. The first kappa shape index (κ1) is 25.9. The molecule has 11 heteroatoms. The summed E-state index contributed by atoms with van der Waals surface area (Å²) >= 11 is 1.28. The minimum atomic E-state index is -1.43. The van der Waals surface area contributed by atoms with Crippen LogP contribution in [0.3, 0.4) is 0 Å². The number of benzene rings is 1. The molecule has 1 amide bonds. The predicted molar refractivity (Wildman–Crippen MR) is 144 cm³/mol. The maximum absolute atomic E-state index is 14.0. The number of ether oxygens (including phenoxy) is 1. The molecule has 200 valence electrons. The zero-order valence-corrected chi connectivity index (χ0v) is 22.6. The molecule has 0 bridgehead atoms. The second-order valence-corrected chi connectivity index (χ2v) is 11.1. The van der Waals surface area contributed by atoms with Crippen LogP contribution in [0.15, 0.2) is 46.2 Å². The van der Waals surface area contributed by atoms with Crippen molar-refractivity contribution in [2.75, 3.05) is 7.11 Å². The van der Waals surface area contributed by atoms with Gasteiger partial charge in [-0.15, -0.1) is 0 Å². The number of hydrogen-bond donors (Lipinski definition) is 1. The van der Waals surface area contributed by atoms with E-state index in [0.717, 1.165) is 23.8 Å². The number of carbonyl (C=O) groups excluding carboxylic acids is 1. The summed E-state index contributed by atoms with van der Waals surface area (Å²) in [6.07, 6.45) is 6.49. The van der Waals surface area contributed by atoms with Gasteiger partial charge in [-0.3, -0.25) is 14.2 Å². The van der Waals surface area contributed by atoms with E-state index in [2.05, 4.69) is 10.4 Å². The van der Waals surface area contributed by atoms with Gasteiger partial charge >= 0.3 is 5.69 Å². The largest absolute Gasteiger partial charge is 0.496 e. The number of aromatic nitrogens is 4. The Morgan fingerprint density at radius 1 is 1.29 bits per heavy atom. The van der Waals surface area contributed by atoms with Crippen LogP contribution in [0.5, 0.6) is 5.75 Å². The lowest BCUT2D eigenvalue weighted by Crippen LogP contribution is -2.57. The maximum Gasteiger partial charge on any atom is 0.333 e. The number of nitrogens with zero attached hydrogens (tertiary/aromatic N) is 4. The molecule has 3 heterocycles. The van der Waals surface area contributed by atoms with E-state index in [0.29, 0.717) is 32.1 Å². The van der Waals surface area contributed by atoms with Crippen LogP contribution in [-0.4, -0.2) is 38.0 Å². The summed E-state index contributed by atoms with van der Waals surface area (Å²) in [6, 6.07) is 6.07. The van der Waals surface area contributed by atoms with E-state index in [1.54, 1.807) is 43.1 Å². The van der Waals surface area contributed by atoms with Gasteiger partial charge in [0.1, 0.15) is 26.9 Å². The molecule has 0 atom stereocenters. The number of thiophene rings is 1. The molecule has 1 aliphatic carbocycles. The van der Waals surface area contributed by atoms with Crippen LogP contribution in [0.4, 0.5) is 4.39 Å². The standard InChI is InChI=1S/C27H30FN5O4S/c1-16-21-22(34)33(27(2,3)25(35)30-19-7-5-8-19)26(36)31(24(21)38-23(16)32-13-6-12-29-32)14-11-17-15-18(28)9-10-20(17)37-4/h6,9-10,12-13,15,19H,5,7-8,11,14H2,1-4H3,(H,30,35). The summed E-state index contributed by atoms with van der Waals surface area (Å²) in [5.41, 5.74) is -1.30. The van der Waals surface area contributed by atoms with Gasteiger partial charge in [-0.2, -0.15) is 5.10 Å². The van der Waals surface area contributed by atoms with Gasteiger partial charge in [0.15, 0.2) is 0 Å². The van der Waals surface area contributed by atoms with E-state index >= 15 is 0 Å². The fraction of sp³-hybridized carbons (Fsp3) is 0.407. The molecule has 5 rings (SSSR count). The van der Waals surface area contributed by atoms with Gasteiger partial charge in [0, 0.05) is 30.5 Å². The van der Waals surface area contributed by atoms with E-state index in [9.17, 15) is 18.8 Å². The number of rotatable bonds is 8. The van der Waals surface area contributed by atoms with Gasteiger partial charge in [0.05, 0.1) is 12.5 Å². The van der Waals surface area contributed by atoms with E-state index in [1.165, 1.54) is 35.1 Å². The van der Waals surface area contributed by atoms with Crippen molar-refractivity contribution in [1.82, 2.24) is 24.2 Å². The van der Waals surface area contributed by atoms with Gasteiger partial charge in [-0.25, -0.2) is 18.4 Å². The van der Waals surface area contributed by atoms with Crippen molar-refractivity contribution in [2.24, 2.45) is 0 Å². The molecule has 1 saturated carbocycles. The number of amides is 1. The molecule has 0 radical (unpaired) electrons. The van der Waals surface area contributed by atoms with Crippen LogP contribution in [0, 0.1) is 12.7 Å². The quantitative estimate of drug-likeness (QED) is 0.369. The molecule has 0 aliphatic heterocycles. The van der Waals surface area contributed by atoms with Crippen molar-refractivity contribution >= 4 is 27.5 Å². The third-order valence-corrected chi connectivity index (χ3v) is 8.61. The number of halogens is 1. The van der Waals surface area contributed by atoms with Crippen LogP contribution < -0.4 is 21.3 Å². The zero-order valence-electron chi connectivity index (χ0n) is 21.8. The third kappa shape index (κ3) is 4.34. The molecule has 0 unspecified atom stereocenters. The van der Waals surface area contributed by atoms with Crippen molar-refractivity contribution < 1.29 is 13.9 Å². The van der Waals surface area contributed by atoms with E-state index < -0.39 is 22.6 Å². The van der Waals surface area contributed by atoms with Gasteiger partial charge in [0.25, 0.3) is 5.56 Å². The molecule has 0 saturated heterocycles. The number of carbonyl (C=O) groups is 1. The normalized spacial score (nSPS) is 14.0. The van der Waals surface area contributed by atoms with Crippen molar-refractivity contribution in [3.8, 4) is 10.8 Å². The Labute approximate surface area is 222 Å². The fourth-order valence-corrected chi connectivity index (χ4v) is 6.09. The van der Waals surface area contributed by atoms with E-state index in [-0.39, 0.29) is 24.9 Å². The highest BCUT2D eigenvalue weighted by molar-refractivity contribution is 7.21. The Bertz CT molecular complexity index is 1630. The van der Waals surface area contributed by atoms with Crippen LogP contribution >= 0.6 is 11.3 Å². The van der Waals surface area contributed by atoms with E-state index in [4.69, 9.17) is 4.74 Å². The minimum absolute atomic E-state index is 0.0539. The number of nitrogens with one attached hydrogen (secondary N) is 1. The summed E-state index contributed by atoms with van der Waals surface area (Å²) in [6.45, 7) is 5.14. The zero-order chi connectivity index (χ0) is 27.2. The highest BCUT2D eigenvalue weighted by Crippen LogP contribution is 2.32. The fourth-order valence-electron chi connectivity index (χ4n) is 4.82. The highest BCUT2D eigenvalue weighted by atomic mass is 32.1. The Morgan fingerprint density at radius 3 is 2.68 bits per heavy atom. The molecule has 0 spiro atoms. The molecule has 38 heavy (non-hydrogen) atoms. The molecular formula is C27H30FN5O4S. The minimum Gasteiger partial charge on any atom is -0.496 e. The molecular weight excluding hydrogens is 509 g/mol. The van der Waals surface area contributed by atoms with Crippen LogP contribution in [0.25, 0.3) is 15.2 Å². The maximum atomic E-state index is 14.0. The second kappa shape index (κ2) is 9.86. The van der Waals surface area contributed by atoms with Gasteiger partial charge < -0.3 is 10.1 Å². The Balaban J connectivity index is 1.69. The summed E-state index contributed by atoms with van der Waals surface area (Å²) < 4.78 is 23.6. The summed E-state index contributed by atoms with van der Waals surface area (Å²) in [7, 11) is 1.50. The number of hydrogen-bond acceptors (Lipinski definition) is 6. The molecule has 1 fully saturated rings. The summed E-state index contributed by atoms with van der Waals surface area (Å²) in [5, 5.41) is 8.35. The average Bonchev–Trinajstić information content (AvgIpc) is 3.49. The van der Waals surface area contributed by atoms with Gasteiger partial charge in [0.2, 0.25) is 5.91 Å². The van der Waals surface area contributed by atoms with Crippen molar-refractivity contribution in [3.05, 3.63) is 74.4 Å². The van der Waals surface area contributed by atoms with Crippen LogP contribution in [0.1, 0.15) is 44.2 Å². The van der Waals surface area contributed by atoms with Gasteiger partial charge in [-0.05, 0) is 76.3 Å². The Morgan fingerprint density at radius 2 is 2.05 bits per heavy atom. The van der Waals surface area contributed by atoms with Crippen LogP contribution in [-0.2, 0) is 23.3 Å². The van der Waals surface area contributed by atoms with E-state index in [1.807, 2.05) is 6.92 Å². The Kier molecular flexibility index (Phi) is 6.72. The summed E-state index contributed by atoms with van der Waals surface area (Å²) in [5.74, 6) is -0.284. The lowest BCUT2D eigenvalue weighted by Gasteiger charge is -2.32. The predicted octanol–water partition coefficient (Wildman–Crippen LogP) is 3.51. The van der Waals surface area contributed by atoms with Crippen molar-refractivity contribution in [2.45, 2.75) is 64.6 Å². The van der Waals surface area contributed by atoms with Crippen molar-refractivity contribution in [1.29, 1.82) is 0 Å². The molecule has 1 aliphatic rings. The van der Waals surface area contributed by atoms with Crippen LogP contribution in [0.2, 0.25) is 0 Å². The number of methoxy groups -OCH3 is 1. The number of aryl methyl sites for hydroxylation is 3. The lowest BCUT2D eigenvalue weighted by molar-refractivity contribution is -0.130. The first-order chi connectivity index (χ1) is 18.1. The molecule has 9 nitrogen and oxygen atoms in total.